The van der Waals surface area contributed by atoms with Crippen LogP contribution in [-0.2, 0) is 60.3 Å². The molecule has 5 heavy (non-hydrogen) atoms. The second kappa shape index (κ2) is 26.7. The molecule has 0 aromatic heterocycles. The van der Waals surface area contributed by atoms with Crippen LogP contribution in [0.25, 0.3) is 0 Å². The van der Waals surface area contributed by atoms with E-state index in [-0.39, 0.29) is 103 Å². The molecule has 0 N–H and O–H groups in total. The molecule has 0 saturated carbocycles. The third-order valence-electron chi connectivity index (χ3n) is 0. The Balaban J connectivity index is 0. The van der Waals surface area contributed by atoms with Crippen molar-refractivity contribution in [2.75, 3.05) is 0 Å². The van der Waals surface area contributed by atoms with Gasteiger partial charge in [0.15, 0.2) is 0 Å². The average Bonchev–Trinajstić information content (AvgIpc) is 0. The minimum absolute atomic E-state index is 0. The third-order valence-corrected chi connectivity index (χ3v) is 0. The van der Waals surface area contributed by atoms with Crippen LogP contribution in [0.1, 0.15) is 0 Å². The molecule has 0 spiro atoms. The SMILES string of the molecule is [Cd+2].[In+3].[S-2].[Se-2].[Zn+2]. The van der Waals surface area contributed by atoms with Gasteiger partial charge in [-0.25, -0.2) is 0 Å². The van der Waals surface area contributed by atoms with Crippen LogP contribution < -0.4 is 0 Å². The van der Waals surface area contributed by atoms with Crippen molar-refractivity contribution < 1.29 is 46.8 Å². The van der Waals surface area contributed by atoms with Crippen LogP contribution in [0.3, 0.4) is 0 Å². The van der Waals surface area contributed by atoms with Crippen LogP contribution in [-0.4, -0.2) is 42.9 Å². The van der Waals surface area contributed by atoms with Crippen LogP contribution in [0.15, 0.2) is 0 Å². The second-order valence-electron chi connectivity index (χ2n) is 0. The molecule has 0 amide bonds. The molecule has 0 aromatic rings. The first-order valence-corrected chi connectivity index (χ1v) is 0. The Morgan fingerprint density at radius 3 is 1.00 bits per heavy atom. The number of hydrogen-bond acceptors (Lipinski definition) is 0. The Hall–Kier alpha value is 3.29. The molecule has 0 fully saturated rings. The van der Waals surface area contributed by atoms with Crippen LogP contribution in [0.2, 0.25) is 0 Å². The van der Waals surface area contributed by atoms with Gasteiger partial charge in [-0.3, -0.25) is 0 Å². The molecule has 0 rings (SSSR count). The molecule has 0 aliphatic carbocycles. The predicted octanol–water partition coefficient (Wildman–Crippen LogP) is -0.769. The van der Waals surface area contributed by atoms with Gasteiger partial charge in [-0.05, 0) is 0 Å². The van der Waals surface area contributed by atoms with E-state index in [1.54, 1.807) is 0 Å². The molecule has 0 saturated heterocycles. The van der Waals surface area contributed by atoms with Crippen molar-refractivity contribution in [1.82, 2.24) is 0 Å². The topological polar surface area (TPSA) is 0 Å². The summed E-state index contributed by atoms with van der Waals surface area (Å²) in [6, 6.07) is 0. The summed E-state index contributed by atoms with van der Waals surface area (Å²) in [5.74, 6) is 0. The van der Waals surface area contributed by atoms with E-state index >= 15 is 0 Å². The Kier molecular flexibility index (Phi) is 217. The van der Waals surface area contributed by atoms with Gasteiger partial charge in [-0.15, -0.1) is 0 Å². The summed E-state index contributed by atoms with van der Waals surface area (Å²) in [6.45, 7) is 0. The van der Waals surface area contributed by atoms with E-state index in [0.29, 0.717) is 0 Å². The average molecular weight is 404 g/mol. The van der Waals surface area contributed by atoms with E-state index in [1.165, 1.54) is 0 Å². The van der Waals surface area contributed by atoms with Crippen molar-refractivity contribution in [1.29, 1.82) is 0 Å². The van der Waals surface area contributed by atoms with Gasteiger partial charge in [0.25, 0.3) is 0 Å². The first-order valence-electron chi connectivity index (χ1n) is 0. The maximum absolute atomic E-state index is 0. The van der Waals surface area contributed by atoms with E-state index in [0.717, 1.165) is 0 Å². The molecule has 0 aromatic carbocycles. The minimum atomic E-state index is 0. The maximum atomic E-state index is 0. The van der Waals surface area contributed by atoms with Crippen molar-refractivity contribution in [3.63, 3.8) is 0 Å². The summed E-state index contributed by atoms with van der Waals surface area (Å²) >= 11 is 0. The molecule has 0 aliphatic rings. The summed E-state index contributed by atoms with van der Waals surface area (Å²) in [5, 5.41) is 0. The van der Waals surface area contributed by atoms with Crippen molar-refractivity contribution in [3.8, 4) is 0 Å². The molecule has 0 aliphatic heterocycles. The zero-order chi connectivity index (χ0) is 0. The van der Waals surface area contributed by atoms with Crippen molar-refractivity contribution in [3.05, 3.63) is 0 Å². The van der Waals surface area contributed by atoms with Gasteiger partial charge in [0.1, 0.15) is 0 Å². The van der Waals surface area contributed by atoms with Gasteiger partial charge in [0.2, 0.25) is 0 Å². The normalized spacial score (nSPS) is 0. The van der Waals surface area contributed by atoms with Crippen LogP contribution in [0.5, 0.6) is 0 Å². The quantitative estimate of drug-likeness (QED) is 0.466. The first-order chi connectivity index (χ1) is 0. The summed E-state index contributed by atoms with van der Waals surface area (Å²) in [6.07, 6.45) is 0. The monoisotopic (exact) mass is 405 g/mol. The summed E-state index contributed by atoms with van der Waals surface area (Å²) in [7, 11) is 0. The van der Waals surface area contributed by atoms with E-state index in [1.807, 2.05) is 0 Å². The summed E-state index contributed by atoms with van der Waals surface area (Å²) < 4.78 is 0. The molecule has 16 valence electrons. The van der Waals surface area contributed by atoms with Crippen LogP contribution >= 0.6 is 0 Å². The van der Waals surface area contributed by atoms with Crippen LogP contribution in [0, 0.1) is 0 Å². The van der Waals surface area contributed by atoms with Gasteiger partial charge in [-0.2, -0.15) is 0 Å². The van der Waals surface area contributed by atoms with E-state index in [2.05, 4.69) is 0 Å². The van der Waals surface area contributed by atoms with E-state index < -0.39 is 0 Å². The Morgan fingerprint density at radius 2 is 1.00 bits per heavy atom. The fourth-order valence-corrected chi connectivity index (χ4v) is 0. The molecule has 0 nitrogen and oxygen atoms in total. The molecule has 0 heterocycles. The largest absolute Gasteiger partial charge is 3.00 e. The van der Waals surface area contributed by atoms with Gasteiger partial charge < -0.3 is 30.6 Å². The minimum Gasteiger partial charge on any atom is -2.00 e. The van der Waals surface area contributed by atoms with E-state index in [4.69, 9.17) is 0 Å². The molecule has 0 atom stereocenters. The Morgan fingerprint density at radius 1 is 1.00 bits per heavy atom. The van der Waals surface area contributed by atoms with Gasteiger partial charge in [0, 0.05) is 0 Å². The van der Waals surface area contributed by atoms with Crippen molar-refractivity contribution >= 4 is 56.4 Å². The standard InChI is InChI=1S/Cd.In.S.Se.Zn/q+2;+3;2*-2;+2. The van der Waals surface area contributed by atoms with Gasteiger partial charge in [0.05, 0.1) is 0 Å². The first kappa shape index (κ1) is 40.7. The molecule has 0 bridgehead atoms. The predicted molar refractivity (Wildman–Crippen MR) is 18.9 cm³/mol. The summed E-state index contributed by atoms with van der Waals surface area (Å²) in [5.41, 5.74) is 0. The fraction of sp³-hybridized carbons (Fsp3) is 0. The van der Waals surface area contributed by atoms with Gasteiger partial charge >= 0.3 is 72.6 Å². The second-order valence-corrected chi connectivity index (χ2v) is 0. The van der Waals surface area contributed by atoms with Crippen molar-refractivity contribution in [2.45, 2.75) is 0 Å². The van der Waals surface area contributed by atoms with Gasteiger partial charge in [-0.1, -0.05) is 0 Å². The van der Waals surface area contributed by atoms with Crippen molar-refractivity contribution in [2.24, 2.45) is 0 Å². The molecular formula is CdInSSeZn+3. The molecular weight excluding hydrogens is 404 g/mol. The maximum Gasteiger partial charge on any atom is 3.00 e. The zero-order valence-electron chi connectivity index (χ0n) is 2.81. The zero-order valence-corrected chi connectivity index (χ0v) is 15.6. The number of rotatable bonds is 0. The smallest absolute Gasteiger partial charge is 2.00 e. The summed E-state index contributed by atoms with van der Waals surface area (Å²) in [4.78, 5) is 0. The molecule has 0 unspecified atom stereocenters. The molecule has 5 heteroatoms. The molecule has 0 radical (unpaired) electrons. The third kappa shape index (κ3) is 18.9. The fourth-order valence-electron chi connectivity index (χ4n) is 0. The Labute approximate surface area is 101 Å². The number of hydrogen-bond donors (Lipinski definition) is 0. The van der Waals surface area contributed by atoms with E-state index in [9.17, 15) is 0 Å². The van der Waals surface area contributed by atoms with Crippen LogP contribution in [0.4, 0.5) is 0 Å². The Bertz CT molecular complexity index is 11.6.